The SMILES string of the molecule is N#C[C@@H](c1ccccc1)[NH+]1CCCCC1. The Morgan fingerprint density at radius 1 is 1.07 bits per heavy atom. The summed E-state index contributed by atoms with van der Waals surface area (Å²) < 4.78 is 0. The lowest BCUT2D eigenvalue weighted by molar-refractivity contribution is -0.927. The molecule has 1 aromatic rings. The van der Waals surface area contributed by atoms with E-state index in [-0.39, 0.29) is 6.04 Å². The molecule has 78 valence electrons. The van der Waals surface area contributed by atoms with E-state index < -0.39 is 0 Å². The first kappa shape index (κ1) is 10.2. The second kappa shape index (κ2) is 4.95. The maximum absolute atomic E-state index is 9.26. The molecule has 1 aliphatic heterocycles. The minimum Gasteiger partial charge on any atom is -0.317 e. The molecule has 0 bridgehead atoms. The van der Waals surface area contributed by atoms with Crippen LogP contribution in [0.3, 0.4) is 0 Å². The highest BCUT2D eigenvalue weighted by Gasteiger charge is 2.25. The minimum absolute atomic E-state index is 0.0338. The van der Waals surface area contributed by atoms with E-state index in [4.69, 9.17) is 0 Å². The molecule has 0 radical (unpaired) electrons. The van der Waals surface area contributed by atoms with Crippen molar-refractivity contribution in [1.82, 2.24) is 0 Å². The molecule has 1 heterocycles. The average Bonchev–Trinajstić information content (AvgIpc) is 2.33. The molecule has 15 heavy (non-hydrogen) atoms. The van der Waals surface area contributed by atoms with Gasteiger partial charge in [-0.05, 0) is 19.3 Å². The Balaban J connectivity index is 2.14. The van der Waals surface area contributed by atoms with Crippen molar-refractivity contribution in [2.75, 3.05) is 13.1 Å². The first-order chi connectivity index (χ1) is 7.42. The normalized spacial score (nSPS) is 19.4. The summed E-state index contributed by atoms with van der Waals surface area (Å²) in [6.07, 6.45) is 3.86. The highest BCUT2D eigenvalue weighted by atomic mass is 15.2. The van der Waals surface area contributed by atoms with Gasteiger partial charge in [0.25, 0.3) is 0 Å². The quantitative estimate of drug-likeness (QED) is 0.768. The van der Waals surface area contributed by atoms with Crippen molar-refractivity contribution >= 4 is 0 Å². The number of nitrogens with one attached hydrogen (secondary N) is 1. The first-order valence-electron chi connectivity index (χ1n) is 5.71. The number of piperidine rings is 1. The van der Waals surface area contributed by atoms with Crippen molar-refractivity contribution < 1.29 is 4.90 Å². The van der Waals surface area contributed by atoms with Gasteiger partial charge in [0.2, 0.25) is 6.04 Å². The van der Waals surface area contributed by atoms with Crippen LogP contribution in [0.1, 0.15) is 30.9 Å². The van der Waals surface area contributed by atoms with Gasteiger partial charge < -0.3 is 4.90 Å². The van der Waals surface area contributed by atoms with E-state index in [1.807, 2.05) is 18.2 Å². The molecule has 2 heteroatoms. The average molecular weight is 201 g/mol. The summed E-state index contributed by atoms with van der Waals surface area (Å²) in [4.78, 5) is 1.44. The second-order valence-corrected chi connectivity index (χ2v) is 4.19. The number of benzene rings is 1. The van der Waals surface area contributed by atoms with Gasteiger partial charge in [-0.1, -0.05) is 30.3 Å². The number of likely N-dealkylation sites (tertiary alicyclic amines) is 1. The van der Waals surface area contributed by atoms with Crippen molar-refractivity contribution in [3.8, 4) is 6.07 Å². The van der Waals surface area contributed by atoms with Gasteiger partial charge >= 0.3 is 0 Å². The van der Waals surface area contributed by atoms with Crippen LogP contribution in [0, 0.1) is 11.3 Å². The van der Waals surface area contributed by atoms with Gasteiger partial charge in [-0.3, -0.25) is 0 Å². The molecular formula is C13H17N2+. The number of hydrogen-bond donors (Lipinski definition) is 1. The minimum atomic E-state index is 0.0338. The monoisotopic (exact) mass is 201 g/mol. The lowest BCUT2D eigenvalue weighted by atomic mass is 10.0. The van der Waals surface area contributed by atoms with Gasteiger partial charge in [0.1, 0.15) is 6.07 Å². The molecule has 0 amide bonds. The summed E-state index contributed by atoms with van der Waals surface area (Å²) in [5.74, 6) is 0. The largest absolute Gasteiger partial charge is 0.317 e. The highest BCUT2D eigenvalue weighted by molar-refractivity contribution is 5.21. The molecule has 1 fully saturated rings. The molecule has 1 aliphatic rings. The fourth-order valence-corrected chi connectivity index (χ4v) is 2.34. The fraction of sp³-hybridized carbons (Fsp3) is 0.462. The van der Waals surface area contributed by atoms with Crippen molar-refractivity contribution in [2.45, 2.75) is 25.3 Å². The van der Waals surface area contributed by atoms with E-state index in [0.717, 1.165) is 18.7 Å². The molecule has 0 aromatic heterocycles. The third-order valence-corrected chi connectivity index (χ3v) is 3.17. The van der Waals surface area contributed by atoms with E-state index in [1.165, 1.54) is 24.2 Å². The lowest BCUT2D eigenvalue weighted by Gasteiger charge is -2.27. The van der Waals surface area contributed by atoms with Crippen molar-refractivity contribution in [3.05, 3.63) is 35.9 Å². The molecule has 0 unspecified atom stereocenters. The second-order valence-electron chi connectivity index (χ2n) is 4.19. The van der Waals surface area contributed by atoms with E-state index in [9.17, 15) is 5.26 Å². The highest BCUT2D eigenvalue weighted by Crippen LogP contribution is 2.09. The summed E-state index contributed by atoms with van der Waals surface area (Å²) in [6, 6.07) is 12.7. The fourth-order valence-electron chi connectivity index (χ4n) is 2.34. The van der Waals surface area contributed by atoms with Gasteiger partial charge in [-0.25, -0.2) is 0 Å². The summed E-state index contributed by atoms with van der Waals surface area (Å²) in [6.45, 7) is 2.29. The Kier molecular flexibility index (Phi) is 3.37. The van der Waals surface area contributed by atoms with Gasteiger partial charge in [0.15, 0.2) is 0 Å². The topological polar surface area (TPSA) is 28.2 Å². The van der Waals surface area contributed by atoms with Crippen LogP contribution in [0.25, 0.3) is 0 Å². The van der Waals surface area contributed by atoms with Crippen molar-refractivity contribution in [3.63, 3.8) is 0 Å². The Bertz CT molecular complexity index is 333. The number of rotatable bonds is 2. The van der Waals surface area contributed by atoms with Crippen LogP contribution in [-0.2, 0) is 0 Å². The lowest BCUT2D eigenvalue weighted by Crippen LogP contribution is -3.13. The molecule has 0 saturated carbocycles. The zero-order valence-corrected chi connectivity index (χ0v) is 8.95. The third-order valence-electron chi connectivity index (χ3n) is 3.17. The van der Waals surface area contributed by atoms with E-state index in [0.29, 0.717) is 0 Å². The number of nitriles is 1. The van der Waals surface area contributed by atoms with E-state index in [2.05, 4.69) is 18.2 Å². The zero-order chi connectivity index (χ0) is 10.5. The Morgan fingerprint density at radius 2 is 1.73 bits per heavy atom. The summed E-state index contributed by atoms with van der Waals surface area (Å²) in [5.41, 5.74) is 1.16. The molecule has 0 aliphatic carbocycles. The van der Waals surface area contributed by atoms with Gasteiger partial charge in [-0.2, -0.15) is 5.26 Å². The maximum atomic E-state index is 9.26. The zero-order valence-electron chi connectivity index (χ0n) is 8.95. The van der Waals surface area contributed by atoms with Gasteiger partial charge in [-0.15, -0.1) is 0 Å². The van der Waals surface area contributed by atoms with Crippen LogP contribution in [0.2, 0.25) is 0 Å². The van der Waals surface area contributed by atoms with Crippen LogP contribution in [0.5, 0.6) is 0 Å². The Morgan fingerprint density at radius 3 is 2.33 bits per heavy atom. The smallest absolute Gasteiger partial charge is 0.200 e. The van der Waals surface area contributed by atoms with Gasteiger partial charge in [0.05, 0.1) is 13.1 Å². The van der Waals surface area contributed by atoms with Crippen LogP contribution in [0.15, 0.2) is 30.3 Å². The number of nitrogens with zero attached hydrogens (tertiary/aromatic N) is 1. The molecule has 1 atom stereocenters. The third kappa shape index (κ3) is 2.37. The van der Waals surface area contributed by atoms with E-state index >= 15 is 0 Å². The van der Waals surface area contributed by atoms with Crippen molar-refractivity contribution in [2.24, 2.45) is 0 Å². The van der Waals surface area contributed by atoms with Crippen LogP contribution < -0.4 is 4.90 Å². The molecule has 2 nitrogen and oxygen atoms in total. The molecule has 2 rings (SSSR count). The predicted octanol–water partition coefficient (Wildman–Crippen LogP) is 1.32. The van der Waals surface area contributed by atoms with E-state index in [1.54, 1.807) is 0 Å². The summed E-state index contributed by atoms with van der Waals surface area (Å²) in [7, 11) is 0. The van der Waals surface area contributed by atoms with Gasteiger partial charge in [0, 0.05) is 5.56 Å². The standard InChI is InChI=1S/C13H16N2/c14-11-13(12-7-3-1-4-8-12)15-9-5-2-6-10-15/h1,3-4,7-8,13H,2,5-6,9-10H2/p+1/t13-/m0/s1. The summed E-state index contributed by atoms with van der Waals surface area (Å²) in [5, 5.41) is 9.26. The van der Waals surface area contributed by atoms with Crippen LogP contribution >= 0.6 is 0 Å². The van der Waals surface area contributed by atoms with Crippen LogP contribution in [-0.4, -0.2) is 13.1 Å². The van der Waals surface area contributed by atoms with Crippen molar-refractivity contribution in [1.29, 1.82) is 5.26 Å². The molecule has 1 aromatic carbocycles. The predicted molar refractivity (Wildman–Crippen MR) is 59.3 cm³/mol. The Hall–Kier alpha value is -1.33. The van der Waals surface area contributed by atoms with Crippen LogP contribution in [0.4, 0.5) is 0 Å². The molecular weight excluding hydrogens is 184 g/mol. The summed E-state index contributed by atoms with van der Waals surface area (Å²) >= 11 is 0. The molecule has 1 saturated heterocycles. The number of hydrogen-bond acceptors (Lipinski definition) is 1. The molecule has 1 N–H and O–H groups in total. The first-order valence-corrected chi connectivity index (χ1v) is 5.71. The number of quaternary nitrogens is 1. The Labute approximate surface area is 91.1 Å². The molecule has 0 spiro atoms. The maximum Gasteiger partial charge on any atom is 0.200 e.